The van der Waals surface area contributed by atoms with Gasteiger partial charge in [0, 0.05) is 25.0 Å². The van der Waals surface area contributed by atoms with Crippen molar-refractivity contribution in [3.8, 4) is 11.5 Å². The first-order valence-electron chi connectivity index (χ1n) is 10.2. The van der Waals surface area contributed by atoms with Gasteiger partial charge in [-0.25, -0.2) is 4.39 Å². The fraction of sp³-hybridized carbons (Fsp3) is 0.727. The van der Waals surface area contributed by atoms with Crippen molar-refractivity contribution >= 4 is 0 Å². The van der Waals surface area contributed by atoms with Crippen LogP contribution in [0.5, 0.6) is 11.5 Å². The van der Waals surface area contributed by atoms with Crippen LogP contribution in [0.25, 0.3) is 0 Å². The van der Waals surface area contributed by atoms with E-state index in [1.165, 1.54) is 11.1 Å². The van der Waals surface area contributed by atoms with Crippen LogP contribution in [0.15, 0.2) is 12.1 Å². The van der Waals surface area contributed by atoms with Gasteiger partial charge in [-0.3, -0.25) is 4.90 Å². The van der Waals surface area contributed by atoms with Crippen molar-refractivity contribution in [1.82, 2.24) is 4.90 Å². The highest BCUT2D eigenvalue weighted by atomic mass is 19.1. The van der Waals surface area contributed by atoms with Gasteiger partial charge in [-0.1, -0.05) is 0 Å². The second-order valence-electron chi connectivity index (χ2n) is 9.21. The largest absolute Gasteiger partial charge is 0.493 e. The second-order valence-corrected chi connectivity index (χ2v) is 9.21. The Kier molecular flexibility index (Phi) is 5.10. The van der Waals surface area contributed by atoms with Crippen molar-refractivity contribution in [2.75, 3.05) is 26.8 Å². The Morgan fingerprint density at radius 1 is 1.19 bits per heavy atom. The van der Waals surface area contributed by atoms with Gasteiger partial charge < -0.3 is 14.2 Å². The lowest BCUT2D eigenvalue weighted by molar-refractivity contribution is -0.0971. The molecule has 4 atom stereocenters. The zero-order chi connectivity index (χ0) is 19.2. The van der Waals surface area contributed by atoms with Crippen molar-refractivity contribution in [2.45, 2.75) is 70.4 Å². The summed E-state index contributed by atoms with van der Waals surface area (Å²) in [6, 6.07) is 4.70. The number of ether oxygens (including phenoxy) is 3. The average molecular weight is 378 g/mol. The molecule has 0 bridgehead atoms. The maximum absolute atomic E-state index is 13.1. The monoisotopic (exact) mass is 377 g/mol. The number of piperidine rings is 1. The molecule has 2 fully saturated rings. The first-order chi connectivity index (χ1) is 12.8. The Morgan fingerprint density at radius 2 is 1.96 bits per heavy atom. The molecule has 1 saturated carbocycles. The van der Waals surface area contributed by atoms with E-state index >= 15 is 0 Å². The van der Waals surface area contributed by atoms with Crippen molar-refractivity contribution in [1.29, 1.82) is 0 Å². The number of nitrogens with zero attached hydrogens (tertiary/aromatic N) is 1. The van der Waals surface area contributed by atoms with Crippen LogP contribution in [0.2, 0.25) is 0 Å². The van der Waals surface area contributed by atoms with Gasteiger partial charge >= 0.3 is 0 Å². The molecule has 1 saturated heterocycles. The molecular weight excluding hydrogens is 345 g/mol. The maximum atomic E-state index is 13.1. The molecule has 4 nitrogen and oxygen atoms in total. The molecule has 3 aliphatic rings. The normalized spacial score (nSPS) is 30.4. The molecule has 2 heterocycles. The number of fused-ring (bicyclic) bond motifs is 3. The van der Waals surface area contributed by atoms with Gasteiger partial charge in [0.25, 0.3) is 0 Å². The van der Waals surface area contributed by atoms with E-state index in [-0.39, 0.29) is 11.5 Å². The third-order valence-electron chi connectivity index (χ3n) is 5.90. The van der Waals surface area contributed by atoms with Crippen LogP contribution in [0.4, 0.5) is 4.39 Å². The number of hydrogen-bond acceptors (Lipinski definition) is 4. The Labute approximate surface area is 162 Å². The minimum absolute atomic E-state index is 0.0549. The number of methoxy groups -OCH3 is 1. The number of rotatable bonds is 5. The summed E-state index contributed by atoms with van der Waals surface area (Å²) in [4.78, 5) is 2.56. The second kappa shape index (κ2) is 7.25. The van der Waals surface area contributed by atoms with Crippen molar-refractivity contribution in [3.05, 3.63) is 23.3 Å². The summed E-state index contributed by atoms with van der Waals surface area (Å²) < 4.78 is 30.9. The van der Waals surface area contributed by atoms with Crippen LogP contribution in [-0.4, -0.2) is 49.6 Å². The molecule has 1 aromatic carbocycles. The summed E-state index contributed by atoms with van der Waals surface area (Å²) >= 11 is 0. The Hall–Kier alpha value is -1.33. The summed E-state index contributed by atoms with van der Waals surface area (Å²) in [5.41, 5.74) is 2.60. The molecule has 5 heteroatoms. The van der Waals surface area contributed by atoms with Gasteiger partial charge in [0.1, 0.15) is 6.17 Å². The topological polar surface area (TPSA) is 30.9 Å². The molecule has 150 valence electrons. The zero-order valence-corrected chi connectivity index (χ0v) is 17.0. The minimum atomic E-state index is -0.687. The number of hydrogen-bond donors (Lipinski definition) is 0. The van der Waals surface area contributed by atoms with Gasteiger partial charge in [0.05, 0.1) is 25.4 Å². The predicted octanol–water partition coefficient (Wildman–Crippen LogP) is 4.31. The molecule has 1 aliphatic carbocycles. The first-order valence-corrected chi connectivity index (χ1v) is 10.2. The lowest BCUT2D eigenvalue weighted by atomic mass is 9.85. The molecule has 1 aromatic rings. The number of alkyl halides is 1. The van der Waals surface area contributed by atoms with Gasteiger partial charge in [-0.05, 0) is 69.7 Å². The number of halogens is 1. The summed E-state index contributed by atoms with van der Waals surface area (Å²) in [7, 11) is 1.68. The summed E-state index contributed by atoms with van der Waals surface area (Å²) in [5, 5.41) is 0. The lowest BCUT2D eigenvalue weighted by Gasteiger charge is -2.44. The van der Waals surface area contributed by atoms with Gasteiger partial charge in [-0.2, -0.15) is 0 Å². The molecule has 2 aliphatic heterocycles. The molecule has 4 unspecified atom stereocenters. The molecule has 0 radical (unpaired) electrons. The van der Waals surface area contributed by atoms with Crippen molar-refractivity contribution in [2.24, 2.45) is 5.92 Å². The van der Waals surface area contributed by atoms with E-state index in [1.54, 1.807) is 7.11 Å². The van der Waals surface area contributed by atoms with Gasteiger partial charge in [0.15, 0.2) is 11.5 Å². The molecule has 0 N–H and O–H groups in total. The Balaban J connectivity index is 1.48. The quantitative estimate of drug-likeness (QED) is 0.765. The summed E-state index contributed by atoms with van der Waals surface area (Å²) in [6.07, 6.45) is 3.43. The van der Waals surface area contributed by atoms with Crippen LogP contribution in [0.1, 0.15) is 57.2 Å². The highest BCUT2D eigenvalue weighted by Gasteiger charge is 2.39. The van der Waals surface area contributed by atoms with Gasteiger partial charge in [0.2, 0.25) is 0 Å². The predicted molar refractivity (Wildman–Crippen MR) is 103 cm³/mol. The smallest absolute Gasteiger partial charge is 0.161 e. The first kappa shape index (κ1) is 19.0. The van der Waals surface area contributed by atoms with Crippen molar-refractivity contribution < 1.29 is 18.6 Å². The van der Waals surface area contributed by atoms with Crippen LogP contribution in [0, 0.1) is 5.92 Å². The van der Waals surface area contributed by atoms with Crippen LogP contribution < -0.4 is 9.47 Å². The Morgan fingerprint density at radius 3 is 2.63 bits per heavy atom. The summed E-state index contributed by atoms with van der Waals surface area (Å²) in [6.45, 7) is 8.86. The molecule has 0 amide bonds. The maximum Gasteiger partial charge on any atom is 0.161 e. The molecule has 27 heavy (non-hydrogen) atoms. The van der Waals surface area contributed by atoms with E-state index in [0.29, 0.717) is 25.2 Å². The minimum Gasteiger partial charge on any atom is -0.493 e. The third-order valence-corrected chi connectivity index (χ3v) is 5.90. The fourth-order valence-electron chi connectivity index (χ4n) is 4.46. The third kappa shape index (κ3) is 4.24. The average Bonchev–Trinajstić information content (AvgIpc) is 3.32. The fourth-order valence-corrected chi connectivity index (χ4v) is 4.46. The van der Waals surface area contributed by atoms with E-state index < -0.39 is 6.17 Å². The Bertz CT molecular complexity index is 687. The summed E-state index contributed by atoms with van der Waals surface area (Å²) in [5.74, 6) is 1.58. The van der Waals surface area contributed by atoms with Crippen LogP contribution in [-0.2, 0) is 11.2 Å². The molecule has 0 aromatic heterocycles. The highest BCUT2D eigenvalue weighted by molar-refractivity contribution is 5.49. The zero-order valence-electron chi connectivity index (χ0n) is 17.0. The van der Waals surface area contributed by atoms with E-state index in [1.807, 2.05) is 0 Å². The lowest BCUT2D eigenvalue weighted by Crippen LogP contribution is -2.47. The number of benzene rings is 1. The van der Waals surface area contributed by atoms with E-state index in [4.69, 9.17) is 14.2 Å². The molecular formula is C22H32FNO3. The van der Waals surface area contributed by atoms with E-state index in [2.05, 4.69) is 37.8 Å². The van der Waals surface area contributed by atoms with E-state index in [9.17, 15) is 4.39 Å². The van der Waals surface area contributed by atoms with E-state index in [0.717, 1.165) is 43.9 Å². The van der Waals surface area contributed by atoms with Gasteiger partial charge in [-0.15, -0.1) is 0 Å². The van der Waals surface area contributed by atoms with Crippen LogP contribution in [0.3, 0.4) is 0 Å². The van der Waals surface area contributed by atoms with Crippen molar-refractivity contribution in [3.63, 3.8) is 0 Å². The highest BCUT2D eigenvalue weighted by Crippen LogP contribution is 2.43. The SMILES string of the molecule is COc1cc2c(cc1OCC1CC1F)CCN1CC(OC(C)(C)C)CCC21. The van der Waals surface area contributed by atoms with Crippen LogP contribution >= 0.6 is 0 Å². The standard InChI is InChI=1S/C22H32FNO3/c1-22(2,3)27-16-5-6-19-17-11-20(25-4)21(26-13-15-9-18(15)23)10-14(17)7-8-24(19)12-16/h10-11,15-16,18-19H,5-9,12-13H2,1-4H3. The molecule has 0 spiro atoms. The molecule has 4 rings (SSSR count).